The van der Waals surface area contributed by atoms with Crippen LogP contribution in [0.25, 0.3) is 0 Å². The minimum Gasteiger partial charge on any atom is -0.492 e. The molecule has 0 amide bonds. The zero-order valence-corrected chi connectivity index (χ0v) is 18.8. The number of ether oxygens (including phenoxy) is 1. The summed E-state index contributed by atoms with van der Waals surface area (Å²) < 4.78 is 59.8. The summed E-state index contributed by atoms with van der Waals surface area (Å²) in [5.74, 6) is 0.0801. The van der Waals surface area contributed by atoms with Crippen molar-refractivity contribution in [2.24, 2.45) is 0 Å². The molecule has 0 fully saturated rings. The van der Waals surface area contributed by atoms with E-state index in [-0.39, 0.29) is 33.5 Å². The molecule has 0 aliphatic heterocycles. The maximum absolute atomic E-state index is 12.9. The van der Waals surface area contributed by atoms with E-state index in [9.17, 15) is 26.9 Å². The van der Waals surface area contributed by atoms with Crippen LogP contribution in [0.1, 0.15) is 18.1 Å². The molecule has 0 unspecified atom stereocenters. The van der Waals surface area contributed by atoms with Gasteiger partial charge in [0.15, 0.2) is 0 Å². The number of anilines is 1. The SMILES string of the molecule is CCOc1ccc(NS(=O)(=O)c2cc([N+](=O)[O-])cc(C)c2C)cc1S(=O)(=O)N(C)C. The van der Waals surface area contributed by atoms with Crippen molar-refractivity contribution in [1.82, 2.24) is 4.31 Å². The first kappa shape index (κ1) is 23.6. The summed E-state index contributed by atoms with van der Waals surface area (Å²) in [6.45, 7) is 5.01. The van der Waals surface area contributed by atoms with Crippen LogP contribution in [0.3, 0.4) is 0 Å². The van der Waals surface area contributed by atoms with Gasteiger partial charge in [-0.05, 0) is 50.1 Å². The lowest BCUT2D eigenvalue weighted by molar-refractivity contribution is -0.385. The molecular formula is C18H23N3O7S2. The number of nitrogens with one attached hydrogen (secondary N) is 1. The average molecular weight is 458 g/mol. The molecule has 0 atom stereocenters. The molecule has 12 heteroatoms. The summed E-state index contributed by atoms with van der Waals surface area (Å²) in [5, 5.41) is 11.1. The third-order valence-corrected chi connectivity index (χ3v) is 7.70. The number of nitrogens with zero attached hydrogens (tertiary/aromatic N) is 2. The molecule has 0 heterocycles. The van der Waals surface area contributed by atoms with Gasteiger partial charge >= 0.3 is 0 Å². The summed E-state index contributed by atoms with van der Waals surface area (Å²) in [7, 11) is -5.47. The van der Waals surface area contributed by atoms with Crippen molar-refractivity contribution < 1.29 is 26.5 Å². The molecule has 0 saturated heterocycles. The highest BCUT2D eigenvalue weighted by atomic mass is 32.2. The average Bonchev–Trinajstić information content (AvgIpc) is 2.64. The molecule has 0 radical (unpaired) electrons. The van der Waals surface area contributed by atoms with Crippen molar-refractivity contribution in [3.8, 4) is 5.75 Å². The van der Waals surface area contributed by atoms with Crippen molar-refractivity contribution in [3.05, 3.63) is 51.6 Å². The Labute approximate surface area is 175 Å². The molecule has 1 N–H and O–H groups in total. The summed E-state index contributed by atoms with van der Waals surface area (Å²) in [4.78, 5) is 9.98. The molecule has 2 aromatic rings. The fraction of sp³-hybridized carbons (Fsp3) is 0.333. The fourth-order valence-corrected chi connectivity index (χ4v) is 5.09. The van der Waals surface area contributed by atoms with Crippen LogP contribution < -0.4 is 9.46 Å². The molecule has 0 bridgehead atoms. The lowest BCUT2D eigenvalue weighted by Crippen LogP contribution is -2.23. The van der Waals surface area contributed by atoms with Crippen LogP contribution in [0.4, 0.5) is 11.4 Å². The van der Waals surface area contributed by atoms with E-state index in [0.717, 1.165) is 16.4 Å². The Morgan fingerprint density at radius 1 is 1.07 bits per heavy atom. The maximum atomic E-state index is 12.9. The van der Waals surface area contributed by atoms with Gasteiger partial charge in [-0.15, -0.1) is 0 Å². The minimum atomic E-state index is -4.23. The van der Waals surface area contributed by atoms with E-state index in [1.165, 1.54) is 39.2 Å². The molecule has 0 aliphatic carbocycles. The van der Waals surface area contributed by atoms with E-state index in [1.807, 2.05) is 0 Å². The lowest BCUT2D eigenvalue weighted by atomic mass is 10.1. The van der Waals surface area contributed by atoms with Gasteiger partial charge in [-0.1, -0.05) is 0 Å². The quantitative estimate of drug-likeness (QED) is 0.475. The number of sulfonamides is 2. The van der Waals surface area contributed by atoms with Crippen molar-refractivity contribution in [3.63, 3.8) is 0 Å². The molecule has 164 valence electrons. The van der Waals surface area contributed by atoms with Crippen molar-refractivity contribution in [2.75, 3.05) is 25.4 Å². The van der Waals surface area contributed by atoms with Gasteiger partial charge in [-0.2, -0.15) is 0 Å². The largest absolute Gasteiger partial charge is 0.492 e. The van der Waals surface area contributed by atoms with Gasteiger partial charge in [0.05, 0.1) is 22.1 Å². The smallest absolute Gasteiger partial charge is 0.271 e. The molecule has 10 nitrogen and oxygen atoms in total. The third kappa shape index (κ3) is 4.71. The summed E-state index contributed by atoms with van der Waals surface area (Å²) in [6.07, 6.45) is 0. The highest BCUT2D eigenvalue weighted by Gasteiger charge is 2.26. The standard InChI is InChI=1S/C18H23N3O7S2/c1-6-28-16-8-7-14(10-18(16)30(26,27)20(4)5)19-29(24,25)17-11-15(21(22)23)9-12(2)13(17)3/h7-11,19H,6H2,1-5H3. The Hall–Kier alpha value is -2.70. The molecule has 30 heavy (non-hydrogen) atoms. The van der Waals surface area contributed by atoms with Gasteiger partial charge in [0, 0.05) is 26.2 Å². The number of nitro benzene ring substituents is 1. The van der Waals surface area contributed by atoms with Gasteiger partial charge in [0.2, 0.25) is 10.0 Å². The highest BCUT2D eigenvalue weighted by molar-refractivity contribution is 7.92. The van der Waals surface area contributed by atoms with Crippen LogP contribution in [-0.4, -0.2) is 46.8 Å². The van der Waals surface area contributed by atoms with Crippen molar-refractivity contribution in [1.29, 1.82) is 0 Å². The Morgan fingerprint density at radius 3 is 2.23 bits per heavy atom. The van der Waals surface area contributed by atoms with E-state index in [1.54, 1.807) is 13.8 Å². The van der Waals surface area contributed by atoms with E-state index in [0.29, 0.717) is 11.1 Å². The highest BCUT2D eigenvalue weighted by Crippen LogP contribution is 2.31. The van der Waals surface area contributed by atoms with Crippen LogP contribution in [-0.2, 0) is 20.0 Å². The molecule has 0 spiro atoms. The summed E-state index contributed by atoms with van der Waals surface area (Å²) in [5.41, 5.74) is 0.399. The van der Waals surface area contributed by atoms with E-state index >= 15 is 0 Å². The number of nitro groups is 1. The Balaban J connectivity index is 2.59. The zero-order valence-electron chi connectivity index (χ0n) is 17.2. The van der Waals surface area contributed by atoms with Gasteiger partial charge in [0.1, 0.15) is 10.6 Å². The first-order valence-corrected chi connectivity index (χ1v) is 11.7. The van der Waals surface area contributed by atoms with Gasteiger partial charge in [-0.3, -0.25) is 14.8 Å². The first-order chi connectivity index (χ1) is 13.8. The molecule has 0 saturated carbocycles. The predicted octanol–water partition coefficient (Wildman–Crippen LogP) is 2.66. The number of hydrogen-bond donors (Lipinski definition) is 1. The van der Waals surface area contributed by atoms with Gasteiger partial charge < -0.3 is 4.74 Å². The molecule has 2 rings (SSSR count). The van der Waals surface area contributed by atoms with E-state index in [2.05, 4.69) is 4.72 Å². The minimum absolute atomic E-state index is 0.0255. The summed E-state index contributed by atoms with van der Waals surface area (Å²) in [6, 6.07) is 6.11. The van der Waals surface area contributed by atoms with E-state index < -0.39 is 25.0 Å². The van der Waals surface area contributed by atoms with Gasteiger partial charge in [0.25, 0.3) is 15.7 Å². The van der Waals surface area contributed by atoms with Crippen LogP contribution in [0.5, 0.6) is 5.75 Å². The normalized spacial score (nSPS) is 12.1. The van der Waals surface area contributed by atoms with Crippen LogP contribution in [0.15, 0.2) is 40.1 Å². The van der Waals surface area contributed by atoms with Crippen LogP contribution in [0, 0.1) is 24.0 Å². The molecule has 0 aliphatic rings. The number of rotatable bonds is 8. The Bertz CT molecular complexity index is 1190. The predicted molar refractivity (Wildman–Crippen MR) is 112 cm³/mol. The lowest BCUT2D eigenvalue weighted by Gasteiger charge is -2.17. The summed E-state index contributed by atoms with van der Waals surface area (Å²) >= 11 is 0. The number of benzene rings is 2. The fourth-order valence-electron chi connectivity index (χ4n) is 2.65. The van der Waals surface area contributed by atoms with Crippen LogP contribution >= 0.6 is 0 Å². The second-order valence-electron chi connectivity index (χ2n) is 6.63. The third-order valence-electron chi connectivity index (χ3n) is 4.36. The van der Waals surface area contributed by atoms with Crippen molar-refractivity contribution >= 4 is 31.4 Å². The zero-order chi connectivity index (χ0) is 22.9. The van der Waals surface area contributed by atoms with Crippen molar-refractivity contribution in [2.45, 2.75) is 30.6 Å². The second-order valence-corrected chi connectivity index (χ2v) is 10.4. The Kier molecular flexibility index (Phi) is 6.74. The number of non-ortho nitro benzene ring substituents is 1. The molecule has 2 aromatic carbocycles. The second kappa shape index (κ2) is 8.58. The molecular weight excluding hydrogens is 434 g/mol. The number of hydrogen-bond acceptors (Lipinski definition) is 7. The monoisotopic (exact) mass is 457 g/mol. The van der Waals surface area contributed by atoms with E-state index in [4.69, 9.17) is 4.74 Å². The molecule has 0 aromatic heterocycles. The Morgan fingerprint density at radius 2 is 1.70 bits per heavy atom. The topological polar surface area (TPSA) is 136 Å². The first-order valence-electron chi connectivity index (χ1n) is 8.79. The van der Waals surface area contributed by atoms with Crippen LogP contribution in [0.2, 0.25) is 0 Å². The number of aryl methyl sites for hydroxylation is 1. The maximum Gasteiger partial charge on any atom is 0.271 e. The van der Waals surface area contributed by atoms with Gasteiger partial charge in [-0.25, -0.2) is 21.1 Å².